The highest BCUT2D eigenvalue weighted by molar-refractivity contribution is 6.13. The Bertz CT molecular complexity index is 1180. The molecule has 0 bridgehead atoms. The lowest BCUT2D eigenvalue weighted by atomic mass is 9.79. The van der Waals surface area contributed by atoms with Gasteiger partial charge in [0.15, 0.2) is 5.78 Å². The van der Waals surface area contributed by atoms with Gasteiger partial charge in [-0.2, -0.15) is 0 Å². The highest BCUT2D eigenvalue weighted by atomic mass is 16.1. The third-order valence-electron chi connectivity index (χ3n) is 5.64. The molecule has 3 nitrogen and oxygen atoms in total. The van der Waals surface area contributed by atoms with E-state index in [-0.39, 0.29) is 5.78 Å². The molecule has 0 N–H and O–H groups in total. The van der Waals surface area contributed by atoms with E-state index in [0.717, 1.165) is 52.6 Å². The number of pyridine rings is 2. The van der Waals surface area contributed by atoms with Gasteiger partial charge in [-0.15, -0.1) is 0 Å². The Hall–Kier alpha value is -3.59. The van der Waals surface area contributed by atoms with Crippen molar-refractivity contribution < 1.29 is 4.79 Å². The molecule has 0 fully saturated rings. The van der Waals surface area contributed by atoms with E-state index in [2.05, 4.69) is 28.2 Å². The SMILES string of the molecule is O=C1c2ccccc2Cc2ccc(Cc3ccncc3)c(Cc3ccncc3)c21. The molecule has 3 heteroatoms. The summed E-state index contributed by atoms with van der Waals surface area (Å²) in [4.78, 5) is 21.8. The van der Waals surface area contributed by atoms with Crippen LogP contribution in [0.5, 0.6) is 0 Å². The monoisotopic (exact) mass is 376 g/mol. The molecule has 2 aromatic carbocycles. The first-order chi connectivity index (χ1) is 14.3. The van der Waals surface area contributed by atoms with Gasteiger partial charge in [0, 0.05) is 35.9 Å². The average Bonchev–Trinajstić information content (AvgIpc) is 2.77. The molecule has 140 valence electrons. The van der Waals surface area contributed by atoms with Crippen molar-refractivity contribution in [1.82, 2.24) is 9.97 Å². The van der Waals surface area contributed by atoms with Crippen molar-refractivity contribution >= 4 is 5.78 Å². The first-order valence-electron chi connectivity index (χ1n) is 9.83. The van der Waals surface area contributed by atoms with E-state index in [4.69, 9.17) is 0 Å². The normalized spacial score (nSPS) is 12.3. The summed E-state index contributed by atoms with van der Waals surface area (Å²) in [5.41, 5.74) is 8.63. The summed E-state index contributed by atoms with van der Waals surface area (Å²) >= 11 is 0. The number of benzene rings is 2. The number of hydrogen-bond acceptors (Lipinski definition) is 3. The molecule has 1 aliphatic carbocycles. The second kappa shape index (κ2) is 7.44. The smallest absolute Gasteiger partial charge is 0.193 e. The number of rotatable bonds is 4. The number of aromatic nitrogens is 2. The van der Waals surface area contributed by atoms with Gasteiger partial charge < -0.3 is 0 Å². The van der Waals surface area contributed by atoms with Crippen LogP contribution >= 0.6 is 0 Å². The minimum atomic E-state index is 0.141. The summed E-state index contributed by atoms with van der Waals surface area (Å²) in [6.07, 6.45) is 9.56. The molecule has 29 heavy (non-hydrogen) atoms. The number of carbonyl (C=O) groups excluding carboxylic acids is 1. The lowest BCUT2D eigenvalue weighted by Gasteiger charge is -2.24. The summed E-state index contributed by atoms with van der Waals surface area (Å²) in [7, 11) is 0. The average molecular weight is 376 g/mol. The molecule has 0 amide bonds. The number of hydrogen-bond donors (Lipinski definition) is 0. The Kier molecular flexibility index (Phi) is 4.49. The van der Waals surface area contributed by atoms with Gasteiger partial charge in [0.05, 0.1) is 0 Å². The quantitative estimate of drug-likeness (QED) is 0.453. The van der Waals surface area contributed by atoms with Crippen LogP contribution in [0.4, 0.5) is 0 Å². The van der Waals surface area contributed by atoms with Crippen molar-refractivity contribution in [3.05, 3.63) is 130 Å². The van der Waals surface area contributed by atoms with Crippen molar-refractivity contribution in [3.8, 4) is 0 Å². The van der Waals surface area contributed by atoms with Gasteiger partial charge in [-0.25, -0.2) is 0 Å². The van der Waals surface area contributed by atoms with Crippen molar-refractivity contribution in [3.63, 3.8) is 0 Å². The summed E-state index contributed by atoms with van der Waals surface area (Å²) in [5.74, 6) is 0.141. The fraction of sp³-hybridized carbons (Fsp3) is 0.115. The number of carbonyl (C=O) groups is 1. The predicted molar refractivity (Wildman–Crippen MR) is 113 cm³/mol. The minimum Gasteiger partial charge on any atom is -0.289 e. The van der Waals surface area contributed by atoms with E-state index >= 15 is 0 Å². The van der Waals surface area contributed by atoms with Gasteiger partial charge in [-0.3, -0.25) is 14.8 Å². The lowest BCUT2D eigenvalue weighted by molar-refractivity contribution is 0.103. The Morgan fingerprint density at radius 2 is 1.34 bits per heavy atom. The second-order valence-electron chi connectivity index (χ2n) is 7.46. The Morgan fingerprint density at radius 1 is 0.690 bits per heavy atom. The van der Waals surface area contributed by atoms with E-state index < -0.39 is 0 Å². The zero-order valence-corrected chi connectivity index (χ0v) is 16.0. The Morgan fingerprint density at radius 3 is 2.07 bits per heavy atom. The van der Waals surface area contributed by atoms with Crippen LogP contribution in [0.2, 0.25) is 0 Å². The van der Waals surface area contributed by atoms with Crippen LogP contribution in [0, 0.1) is 0 Å². The maximum Gasteiger partial charge on any atom is 0.193 e. The van der Waals surface area contributed by atoms with Crippen LogP contribution in [0.15, 0.2) is 85.5 Å². The Balaban J connectivity index is 1.65. The molecule has 4 aromatic rings. The molecule has 2 heterocycles. The topological polar surface area (TPSA) is 42.9 Å². The molecule has 2 aromatic heterocycles. The lowest BCUT2D eigenvalue weighted by Crippen LogP contribution is -2.19. The van der Waals surface area contributed by atoms with Gasteiger partial charge in [-0.05, 0) is 76.9 Å². The van der Waals surface area contributed by atoms with Gasteiger partial charge in [0.2, 0.25) is 0 Å². The fourth-order valence-electron chi connectivity index (χ4n) is 4.20. The van der Waals surface area contributed by atoms with Crippen LogP contribution < -0.4 is 0 Å². The molecule has 0 atom stereocenters. The molecule has 5 rings (SSSR count). The van der Waals surface area contributed by atoms with Crippen molar-refractivity contribution in [2.75, 3.05) is 0 Å². The highest BCUT2D eigenvalue weighted by Gasteiger charge is 2.27. The number of fused-ring (bicyclic) bond motifs is 2. The van der Waals surface area contributed by atoms with Crippen LogP contribution in [-0.2, 0) is 19.3 Å². The van der Waals surface area contributed by atoms with E-state index in [1.54, 1.807) is 0 Å². The van der Waals surface area contributed by atoms with Gasteiger partial charge >= 0.3 is 0 Å². The fourth-order valence-corrected chi connectivity index (χ4v) is 4.20. The van der Waals surface area contributed by atoms with Crippen LogP contribution in [-0.4, -0.2) is 15.8 Å². The third-order valence-corrected chi connectivity index (χ3v) is 5.64. The van der Waals surface area contributed by atoms with Crippen LogP contribution in [0.25, 0.3) is 0 Å². The first kappa shape index (κ1) is 17.5. The standard InChI is InChI=1S/C26H20N2O/c29-26-23-4-2-1-3-20(23)17-22-6-5-21(15-18-7-11-27-12-8-18)24(25(22)26)16-19-9-13-28-14-10-19/h1-14H,15-17H2. The summed E-state index contributed by atoms with van der Waals surface area (Å²) in [6.45, 7) is 0. The summed E-state index contributed by atoms with van der Waals surface area (Å²) in [5, 5.41) is 0. The summed E-state index contributed by atoms with van der Waals surface area (Å²) in [6, 6.07) is 20.4. The van der Waals surface area contributed by atoms with Crippen molar-refractivity contribution in [2.24, 2.45) is 0 Å². The van der Waals surface area contributed by atoms with E-state index in [0.29, 0.717) is 0 Å². The minimum absolute atomic E-state index is 0.141. The number of ketones is 1. The second-order valence-corrected chi connectivity index (χ2v) is 7.46. The number of nitrogens with zero attached hydrogens (tertiary/aromatic N) is 2. The van der Waals surface area contributed by atoms with E-state index in [1.807, 2.05) is 67.3 Å². The molecule has 0 spiro atoms. The van der Waals surface area contributed by atoms with E-state index in [1.165, 1.54) is 11.1 Å². The third kappa shape index (κ3) is 3.36. The maximum absolute atomic E-state index is 13.5. The molecular weight excluding hydrogens is 356 g/mol. The zero-order chi connectivity index (χ0) is 19.6. The van der Waals surface area contributed by atoms with Gasteiger partial charge in [0.1, 0.15) is 0 Å². The van der Waals surface area contributed by atoms with Crippen LogP contribution in [0.1, 0.15) is 49.3 Å². The van der Waals surface area contributed by atoms with Crippen molar-refractivity contribution in [2.45, 2.75) is 19.3 Å². The molecule has 1 aliphatic rings. The highest BCUT2D eigenvalue weighted by Crippen LogP contribution is 2.33. The largest absolute Gasteiger partial charge is 0.289 e. The van der Waals surface area contributed by atoms with Crippen LogP contribution in [0.3, 0.4) is 0 Å². The molecule has 0 unspecified atom stereocenters. The first-order valence-corrected chi connectivity index (χ1v) is 9.83. The van der Waals surface area contributed by atoms with Gasteiger partial charge in [0.25, 0.3) is 0 Å². The zero-order valence-electron chi connectivity index (χ0n) is 16.0. The maximum atomic E-state index is 13.5. The molecule has 0 saturated heterocycles. The molecular formula is C26H20N2O. The summed E-state index contributed by atoms with van der Waals surface area (Å²) < 4.78 is 0. The molecule has 0 aliphatic heterocycles. The van der Waals surface area contributed by atoms with Gasteiger partial charge in [-0.1, -0.05) is 36.4 Å². The predicted octanol–water partition coefficient (Wildman–Crippen LogP) is 4.79. The van der Waals surface area contributed by atoms with Crippen molar-refractivity contribution in [1.29, 1.82) is 0 Å². The molecule has 0 radical (unpaired) electrons. The Labute approximate surface area is 170 Å². The molecule has 0 saturated carbocycles. The van der Waals surface area contributed by atoms with E-state index in [9.17, 15) is 4.79 Å².